The first-order chi connectivity index (χ1) is 6.18. The van der Waals surface area contributed by atoms with Crippen LogP contribution in [-0.4, -0.2) is 17.1 Å². The number of aromatic nitrogens is 1. The molecule has 1 heterocycles. The zero-order valence-electron chi connectivity index (χ0n) is 7.16. The summed E-state index contributed by atoms with van der Waals surface area (Å²) in [4.78, 5) is 4.12. The Morgan fingerprint density at radius 1 is 1.54 bits per heavy atom. The van der Waals surface area contributed by atoms with Gasteiger partial charge < -0.3 is 10.5 Å². The van der Waals surface area contributed by atoms with E-state index in [0.717, 1.165) is 22.3 Å². The summed E-state index contributed by atoms with van der Waals surface area (Å²) < 4.78 is 6.47. The molecule has 1 aromatic rings. The average Bonchev–Trinajstić information content (AvgIpc) is 2.84. The van der Waals surface area contributed by atoms with Crippen LogP contribution in [-0.2, 0) is 0 Å². The van der Waals surface area contributed by atoms with E-state index >= 15 is 0 Å². The van der Waals surface area contributed by atoms with Gasteiger partial charge in [-0.25, -0.2) is 4.98 Å². The fourth-order valence-corrected chi connectivity index (χ4v) is 1.30. The van der Waals surface area contributed by atoms with Crippen LogP contribution in [0.3, 0.4) is 0 Å². The molecule has 0 radical (unpaired) electrons. The summed E-state index contributed by atoms with van der Waals surface area (Å²) in [7, 11) is 0. The molecule has 2 N–H and O–H groups in total. The van der Waals surface area contributed by atoms with Crippen LogP contribution in [0.1, 0.15) is 12.8 Å². The van der Waals surface area contributed by atoms with E-state index in [1.165, 1.54) is 0 Å². The van der Waals surface area contributed by atoms with Crippen molar-refractivity contribution in [2.45, 2.75) is 18.4 Å². The van der Waals surface area contributed by atoms with Crippen molar-refractivity contribution in [1.29, 1.82) is 0 Å². The predicted molar refractivity (Wildman–Crippen MR) is 58.6 cm³/mol. The molecule has 1 aromatic heterocycles. The lowest BCUT2D eigenvalue weighted by atomic mass is 10.3. The molecule has 70 valence electrons. The summed E-state index contributed by atoms with van der Waals surface area (Å²) in [6.07, 6.45) is 3.88. The predicted octanol–water partition coefficient (Wildman–Crippen LogP) is 1.56. The van der Waals surface area contributed by atoms with Crippen molar-refractivity contribution in [1.82, 2.24) is 4.98 Å². The van der Waals surface area contributed by atoms with Crippen LogP contribution in [0, 0.1) is 3.70 Å². The molecule has 0 aliphatic heterocycles. The SMILES string of the molecule is NC1(COc2ccc(I)nc2)CC1. The van der Waals surface area contributed by atoms with E-state index in [0.29, 0.717) is 6.61 Å². The van der Waals surface area contributed by atoms with Gasteiger partial charge in [0, 0.05) is 0 Å². The lowest BCUT2D eigenvalue weighted by Gasteiger charge is -2.10. The van der Waals surface area contributed by atoms with E-state index < -0.39 is 0 Å². The molecule has 1 saturated carbocycles. The fraction of sp³-hybridized carbons (Fsp3) is 0.444. The van der Waals surface area contributed by atoms with Gasteiger partial charge in [-0.1, -0.05) is 0 Å². The lowest BCUT2D eigenvalue weighted by molar-refractivity contribution is 0.278. The van der Waals surface area contributed by atoms with E-state index in [-0.39, 0.29) is 5.54 Å². The minimum Gasteiger partial charge on any atom is -0.490 e. The normalized spacial score (nSPS) is 18.3. The largest absolute Gasteiger partial charge is 0.490 e. The molecule has 0 saturated heterocycles. The molecule has 0 amide bonds. The number of ether oxygens (including phenoxy) is 1. The third-order valence-corrected chi connectivity index (χ3v) is 2.76. The van der Waals surface area contributed by atoms with Crippen LogP contribution in [0.5, 0.6) is 5.75 Å². The van der Waals surface area contributed by atoms with Crippen LogP contribution in [0.15, 0.2) is 18.3 Å². The van der Waals surface area contributed by atoms with Crippen molar-refractivity contribution in [3.8, 4) is 5.75 Å². The van der Waals surface area contributed by atoms with E-state index in [1.807, 2.05) is 12.1 Å². The van der Waals surface area contributed by atoms with Gasteiger partial charge >= 0.3 is 0 Å². The minimum atomic E-state index is -0.0526. The van der Waals surface area contributed by atoms with E-state index in [9.17, 15) is 0 Å². The van der Waals surface area contributed by atoms with Gasteiger partial charge in [0.15, 0.2) is 0 Å². The van der Waals surface area contributed by atoms with Crippen molar-refractivity contribution in [2.24, 2.45) is 5.73 Å². The summed E-state index contributed by atoms with van der Waals surface area (Å²) in [5, 5.41) is 0. The number of pyridine rings is 1. The van der Waals surface area contributed by atoms with Crippen LogP contribution in [0.2, 0.25) is 0 Å². The van der Waals surface area contributed by atoms with Crippen molar-refractivity contribution < 1.29 is 4.74 Å². The van der Waals surface area contributed by atoms with Gasteiger partial charge in [0.2, 0.25) is 0 Å². The molecule has 0 bridgehead atoms. The Balaban J connectivity index is 1.91. The van der Waals surface area contributed by atoms with Gasteiger partial charge in [-0.2, -0.15) is 0 Å². The maximum Gasteiger partial charge on any atom is 0.137 e. The average molecular weight is 290 g/mol. The van der Waals surface area contributed by atoms with Crippen LogP contribution in [0.4, 0.5) is 0 Å². The fourth-order valence-electron chi connectivity index (χ4n) is 0.980. The Hall–Kier alpha value is -0.360. The molecular weight excluding hydrogens is 279 g/mol. The van der Waals surface area contributed by atoms with Gasteiger partial charge in [0.05, 0.1) is 11.7 Å². The molecule has 0 aromatic carbocycles. The monoisotopic (exact) mass is 290 g/mol. The van der Waals surface area contributed by atoms with Crippen LogP contribution >= 0.6 is 22.6 Å². The summed E-state index contributed by atoms with van der Waals surface area (Å²) in [6.45, 7) is 0.606. The summed E-state index contributed by atoms with van der Waals surface area (Å²) in [5.41, 5.74) is 5.82. The molecule has 13 heavy (non-hydrogen) atoms. The minimum absolute atomic E-state index is 0.0526. The second kappa shape index (κ2) is 3.42. The first-order valence-electron chi connectivity index (χ1n) is 4.21. The number of nitrogens with two attached hydrogens (primary N) is 1. The molecule has 0 unspecified atom stereocenters. The zero-order valence-corrected chi connectivity index (χ0v) is 9.32. The molecular formula is C9H11IN2O. The molecule has 1 aliphatic rings. The summed E-state index contributed by atoms with van der Waals surface area (Å²) in [6, 6.07) is 3.84. The molecule has 0 atom stereocenters. The smallest absolute Gasteiger partial charge is 0.137 e. The van der Waals surface area contributed by atoms with Gasteiger partial charge in [0.25, 0.3) is 0 Å². The Kier molecular flexibility index (Phi) is 2.42. The number of rotatable bonds is 3. The van der Waals surface area contributed by atoms with E-state index in [1.54, 1.807) is 6.20 Å². The molecule has 3 nitrogen and oxygen atoms in total. The zero-order chi connectivity index (χ0) is 9.31. The van der Waals surface area contributed by atoms with E-state index in [4.69, 9.17) is 10.5 Å². The van der Waals surface area contributed by atoms with Crippen molar-refractivity contribution in [3.05, 3.63) is 22.0 Å². The maximum absolute atomic E-state index is 5.88. The molecule has 0 spiro atoms. The van der Waals surface area contributed by atoms with Gasteiger partial charge in [-0.15, -0.1) is 0 Å². The number of halogens is 1. The third-order valence-electron chi connectivity index (χ3n) is 2.12. The third kappa shape index (κ3) is 2.54. The van der Waals surface area contributed by atoms with Gasteiger partial charge in [-0.05, 0) is 47.6 Å². The highest BCUT2D eigenvalue weighted by atomic mass is 127. The van der Waals surface area contributed by atoms with Gasteiger partial charge in [0.1, 0.15) is 16.1 Å². The van der Waals surface area contributed by atoms with Gasteiger partial charge in [-0.3, -0.25) is 0 Å². The Morgan fingerprint density at radius 2 is 2.31 bits per heavy atom. The highest BCUT2D eigenvalue weighted by Gasteiger charge is 2.39. The second-order valence-electron chi connectivity index (χ2n) is 3.47. The number of hydrogen-bond donors (Lipinski definition) is 1. The number of nitrogens with zero attached hydrogens (tertiary/aromatic N) is 1. The molecule has 1 fully saturated rings. The van der Waals surface area contributed by atoms with Crippen LogP contribution < -0.4 is 10.5 Å². The molecule has 4 heteroatoms. The van der Waals surface area contributed by atoms with Crippen molar-refractivity contribution in [3.63, 3.8) is 0 Å². The van der Waals surface area contributed by atoms with E-state index in [2.05, 4.69) is 27.6 Å². The summed E-state index contributed by atoms with van der Waals surface area (Å²) >= 11 is 2.16. The highest BCUT2D eigenvalue weighted by molar-refractivity contribution is 14.1. The van der Waals surface area contributed by atoms with Crippen molar-refractivity contribution in [2.75, 3.05) is 6.61 Å². The van der Waals surface area contributed by atoms with Crippen molar-refractivity contribution >= 4 is 22.6 Å². The molecule has 1 aliphatic carbocycles. The quantitative estimate of drug-likeness (QED) is 0.679. The second-order valence-corrected chi connectivity index (χ2v) is 4.57. The number of hydrogen-bond acceptors (Lipinski definition) is 3. The molecule has 2 rings (SSSR count). The lowest BCUT2D eigenvalue weighted by Crippen LogP contribution is -2.29. The van der Waals surface area contributed by atoms with Crippen LogP contribution in [0.25, 0.3) is 0 Å². The first-order valence-corrected chi connectivity index (χ1v) is 5.29. The summed E-state index contributed by atoms with van der Waals surface area (Å²) in [5.74, 6) is 0.803. The Labute approximate surface area is 90.8 Å². The first kappa shape index (κ1) is 9.21. The maximum atomic E-state index is 5.88. The Bertz CT molecular complexity index is 295. The topological polar surface area (TPSA) is 48.1 Å². The Morgan fingerprint density at radius 3 is 2.85 bits per heavy atom. The standard InChI is InChI=1S/C9H11IN2O/c10-8-2-1-7(5-12-8)13-6-9(11)3-4-9/h1-2,5H,3-4,6,11H2. The highest BCUT2D eigenvalue weighted by Crippen LogP contribution is 2.32.